The number of carbonyl (C=O) groups excluding carboxylic acids is 1. The molecule has 6 heteroatoms. The van der Waals surface area contributed by atoms with E-state index in [1.807, 2.05) is 26.0 Å². The van der Waals surface area contributed by atoms with Crippen molar-refractivity contribution in [3.63, 3.8) is 0 Å². The Morgan fingerprint density at radius 3 is 2.36 bits per heavy atom. The van der Waals surface area contributed by atoms with Gasteiger partial charge in [-0.25, -0.2) is 8.42 Å². The van der Waals surface area contributed by atoms with Crippen LogP contribution in [-0.2, 0) is 14.6 Å². The first-order chi connectivity index (χ1) is 10.1. The zero-order valence-electron chi connectivity index (χ0n) is 14.0. The van der Waals surface area contributed by atoms with Gasteiger partial charge in [0.25, 0.3) is 0 Å². The zero-order valence-corrected chi connectivity index (χ0v) is 14.8. The van der Waals surface area contributed by atoms with E-state index in [9.17, 15) is 13.2 Å². The van der Waals surface area contributed by atoms with Crippen LogP contribution >= 0.6 is 0 Å². The molecule has 1 aromatic heterocycles. The highest BCUT2D eigenvalue weighted by atomic mass is 32.2. The van der Waals surface area contributed by atoms with E-state index >= 15 is 0 Å². The van der Waals surface area contributed by atoms with Crippen LogP contribution in [0, 0.1) is 5.92 Å². The third-order valence-electron chi connectivity index (χ3n) is 3.56. The summed E-state index contributed by atoms with van der Waals surface area (Å²) < 4.78 is 23.3. The third-order valence-corrected chi connectivity index (χ3v) is 6.17. The Morgan fingerprint density at radius 2 is 1.91 bits per heavy atom. The van der Waals surface area contributed by atoms with Crippen molar-refractivity contribution in [3.05, 3.63) is 30.1 Å². The second-order valence-corrected chi connectivity index (χ2v) is 9.56. The van der Waals surface area contributed by atoms with Crippen molar-refractivity contribution >= 4 is 15.7 Å². The van der Waals surface area contributed by atoms with Gasteiger partial charge in [-0.3, -0.25) is 9.78 Å². The van der Waals surface area contributed by atoms with Gasteiger partial charge in [-0.15, -0.1) is 0 Å². The molecular weight excluding hydrogens is 300 g/mol. The van der Waals surface area contributed by atoms with Crippen LogP contribution in [0.4, 0.5) is 0 Å². The summed E-state index contributed by atoms with van der Waals surface area (Å²) in [6.45, 7) is 9.00. The lowest BCUT2D eigenvalue weighted by molar-refractivity contribution is -0.123. The van der Waals surface area contributed by atoms with Crippen LogP contribution in [0.1, 0.15) is 46.2 Å². The first-order valence-corrected chi connectivity index (χ1v) is 9.12. The number of carbonyl (C=O) groups is 1. The molecule has 0 aromatic carbocycles. The molecule has 0 radical (unpaired) electrons. The van der Waals surface area contributed by atoms with Gasteiger partial charge in [0.2, 0.25) is 5.91 Å². The van der Waals surface area contributed by atoms with E-state index in [4.69, 9.17) is 0 Å². The molecule has 1 heterocycles. The number of nitrogens with zero attached hydrogens (tertiary/aromatic N) is 1. The standard InChI is InChI=1S/C16H26N2O3S/c1-12(2)14(13-8-6-7-9-17-13)15(19)18-10-11-22(20,21)16(3,4)5/h6-9,12,14H,10-11H2,1-5H3,(H,18,19)/t14-/m0/s1. The maximum Gasteiger partial charge on any atom is 0.229 e. The Bertz CT molecular complexity index is 590. The molecule has 22 heavy (non-hydrogen) atoms. The fraction of sp³-hybridized carbons (Fsp3) is 0.625. The summed E-state index contributed by atoms with van der Waals surface area (Å²) in [7, 11) is -3.23. The number of rotatable bonds is 6. The Morgan fingerprint density at radius 1 is 1.27 bits per heavy atom. The lowest BCUT2D eigenvalue weighted by Gasteiger charge is -2.22. The number of hydrogen-bond donors (Lipinski definition) is 1. The average molecular weight is 326 g/mol. The van der Waals surface area contributed by atoms with Gasteiger partial charge in [0, 0.05) is 12.7 Å². The summed E-state index contributed by atoms with van der Waals surface area (Å²) in [4.78, 5) is 16.6. The van der Waals surface area contributed by atoms with Crippen LogP contribution in [-0.4, -0.2) is 36.4 Å². The molecule has 0 aliphatic heterocycles. The van der Waals surface area contributed by atoms with E-state index < -0.39 is 14.6 Å². The minimum atomic E-state index is -3.23. The normalized spacial score (nSPS) is 13.9. The highest BCUT2D eigenvalue weighted by molar-refractivity contribution is 7.92. The average Bonchev–Trinajstić information content (AvgIpc) is 2.38. The van der Waals surface area contributed by atoms with Crippen LogP contribution < -0.4 is 5.32 Å². The molecule has 1 aromatic rings. The van der Waals surface area contributed by atoms with E-state index in [0.29, 0.717) is 5.69 Å². The molecule has 1 amide bonds. The Kier molecular flexibility index (Phi) is 6.11. The van der Waals surface area contributed by atoms with Gasteiger partial charge in [0.15, 0.2) is 9.84 Å². The lowest BCUT2D eigenvalue weighted by atomic mass is 9.91. The molecule has 1 atom stereocenters. The molecular formula is C16H26N2O3S. The summed E-state index contributed by atoms with van der Waals surface area (Å²) in [6.07, 6.45) is 1.65. The van der Waals surface area contributed by atoms with Crippen molar-refractivity contribution < 1.29 is 13.2 Å². The molecule has 0 unspecified atom stereocenters. The molecule has 124 valence electrons. The van der Waals surface area contributed by atoms with Crippen molar-refractivity contribution in [3.8, 4) is 0 Å². The van der Waals surface area contributed by atoms with Crippen LogP contribution in [0.15, 0.2) is 24.4 Å². The van der Waals surface area contributed by atoms with Crippen LogP contribution in [0.25, 0.3) is 0 Å². The predicted molar refractivity (Wildman–Crippen MR) is 88.4 cm³/mol. The quantitative estimate of drug-likeness (QED) is 0.869. The fourth-order valence-corrected chi connectivity index (χ4v) is 3.05. The van der Waals surface area contributed by atoms with Crippen LogP contribution in [0.5, 0.6) is 0 Å². The second-order valence-electron chi connectivity index (χ2n) is 6.70. The van der Waals surface area contributed by atoms with Crippen molar-refractivity contribution in [2.75, 3.05) is 12.3 Å². The fourth-order valence-electron chi connectivity index (χ4n) is 2.06. The van der Waals surface area contributed by atoms with E-state index in [-0.39, 0.29) is 30.0 Å². The van der Waals surface area contributed by atoms with Crippen molar-refractivity contribution in [2.45, 2.75) is 45.3 Å². The number of sulfone groups is 1. The van der Waals surface area contributed by atoms with E-state index in [1.165, 1.54) is 0 Å². The van der Waals surface area contributed by atoms with Gasteiger partial charge < -0.3 is 5.32 Å². The van der Waals surface area contributed by atoms with Crippen LogP contribution in [0.3, 0.4) is 0 Å². The molecule has 1 rings (SSSR count). The first kappa shape index (κ1) is 18.6. The minimum absolute atomic E-state index is 0.0602. The zero-order chi connectivity index (χ0) is 17.0. The number of pyridine rings is 1. The lowest BCUT2D eigenvalue weighted by Crippen LogP contribution is -2.39. The molecule has 1 N–H and O–H groups in total. The summed E-state index contributed by atoms with van der Waals surface area (Å²) >= 11 is 0. The number of aromatic nitrogens is 1. The highest BCUT2D eigenvalue weighted by Gasteiger charge is 2.29. The van der Waals surface area contributed by atoms with Crippen molar-refractivity contribution in [2.24, 2.45) is 5.92 Å². The maximum absolute atomic E-state index is 12.4. The molecule has 5 nitrogen and oxygen atoms in total. The molecule has 0 saturated carbocycles. The molecule has 0 aliphatic rings. The molecule has 0 spiro atoms. The summed E-state index contributed by atoms with van der Waals surface area (Å²) in [5.74, 6) is -0.541. The largest absolute Gasteiger partial charge is 0.354 e. The van der Waals surface area contributed by atoms with Crippen molar-refractivity contribution in [1.29, 1.82) is 0 Å². The second kappa shape index (κ2) is 7.22. The number of hydrogen-bond acceptors (Lipinski definition) is 4. The van der Waals surface area contributed by atoms with Crippen LogP contribution in [0.2, 0.25) is 0 Å². The van der Waals surface area contributed by atoms with Gasteiger partial charge in [0.05, 0.1) is 22.1 Å². The Labute approximate surface area is 133 Å². The summed E-state index contributed by atoms with van der Waals surface area (Å²) in [5.41, 5.74) is 0.702. The molecule has 0 aliphatic carbocycles. The Balaban J connectivity index is 2.71. The van der Waals surface area contributed by atoms with Gasteiger partial charge >= 0.3 is 0 Å². The first-order valence-electron chi connectivity index (χ1n) is 7.47. The minimum Gasteiger partial charge on any atom is -0.354 e. The summed E-state index contributed by atoms with van der Waals surface area (Å²) in [6, 6.07) is 5.46. The topological polar surface area (TPSA) is 76.1 Å². The number of nitrogens with one attached hydrogen (secondary N) is 1. The van der Waals surface area contributed by atoms with Gasteiger partial charge in [-0.05, 0) is 38.8 Å². The van der Waals surface area contributed by atoms with E-state index in [1.54, 1.807) is 33.0 Å². The van der Waals surface area contributed by atoms with Gasteiger partial charge in [-0.1, -0.05) is 19.9 Å². The monoisotopic (exact) mass is 326 g/mol. The Hall–Kier alpha value is -1.43. The van der Waals surface area contributed by atoms with E-state index in [2.05, 4.69) is 10.3 Å². The molecule has 0 saturated heterocycles. The third kappa shape index (κ3) is 4.80. The number of amides is 1. The highest BCUT2D eigenvalue weighted by Crippen LogP contribution is 2.22. The smallest absolute Gasteiger partial charge is 0.229 e. The SMILES string of the molecule is CC(C)[C@H](C(=O)NCCS(=O)(=O)C(C)(C)C)c1ccccn1. The van der Waals surface area contributed by atoms with Gasteiger partial charge in [0.1, 0.15) is 0 Å². The van der Waals surface area contributed by atoms with Gasteiger partial charge in [-0.2, -0.15) is 0 Å². The molecule has 0 fully saturated rings. The van der Waals surface area contributed by atoms with E-state index in [0.717, 1.165) is 0 Å². The predicted octanol–water partition coefficient (Wildman–Crippen LogP) is 2.15. The summed E-state index contributed by atoms with van der Waals surface area (Å²) in [5, 5.41) is 2.73. The van der Waals surface area contributed by atoms with Crippen molar-refractivity contribution in [1.82, 2.24) is 10.3 Å². The molecule has 0 bridgehead atoms. The maximum atomic E-state index is 12.4.